The fourth-order valence-corrected chi connectivity index (χ4v) is 5.34. The van der Waals surface area contributed by atoms with Crippen LogP contribution in [0.4, 0.5) is 0 Å². The van der Waals surface area contributed by atoms with Crippen LogP contribution in [0.15, 0.2) is 48.6 Å². The van der Waals surface area contributed by atoms with Crippen LogP contribution in [0.25, 0.3) is 0 Å². The van der Waals surface area contributed by atoms with Crippen LogP contribution >= 0.6 is 0 Å². The van der Waals surface area contributed by atoms with Crippen molar-refractivity contribution in [3.8, 4) is 23.7 Å². The van der Waals surface area contributed by atoms with E-state index in [1.807, 2.05) is 24.3 Å². The summed E-state index contributed by atoms with van der Waals surface area (Å²) in [6, 6.07) is 0. The monoisotopic (exact) mass is 605 g/mol. The van der Waals surface area contributed by atoms with Gasteiger partial charge in [-0.05, 0) is 99.3 Å². The first-order valence-corrected chi connectivity index (χ1v) is 18.5. The van der Waals surface area contributed by atoms with E-state index in [1.54, 1.807) is 0 Å². The first-order valence-electron chi connectivity index (χ1n) is 18.5. The highest BCUT2D eigenvalue weighted by Crippen LogP contribution is 2.44. The van der Waals surface area contributed by atoms with Gasteiger partial charge in [-0.15, -0.1) is 0 Å². The second-order valence-corrected chi connectivity index (χ2v) is 13.1. The molecule has 6 atom stereocenters. The molecule has 2 nitrogen and oxygen atoms in total. The van der Waals surface area contributed by atoms with Gasteiger partial charge in [0.05, 0.1) is 12.2 Å². The minimum absolute atomic E-state index is 0.317. The van der Waals surface area contributed by atoms with Crippen molar-refractivity contribution in [2.75, 3.05) is 0 Å². The molecule has 2 aliphatic carbocycles. The molecule has 0 amide bonds. The Morgan fingerprint density at radius 2 is 0.955 bits per heavy atom. The maximum absolute atomic E-state index is 9.74. The van der Waals surface area contributed by atoms with Gasteiger partial charge in [0, 0.05) is 12.8 Å². The lowest BCUT2D eigenvalue weighted by atomic mass is 10.1. The molecular formula is C42H68O2. The van der Waals surface area contributed by atoms with Gasteiger partial charge in [-0.2, -0.15) is 0 Å². The highest BCUT2D eigenvalue weighted by Gasteiger charge is 2.35. The average Bonchev–Trinajstić information content (AvgIpc) is 3.94. The normalized spacial score (nSPS) is 22.0. The number of aliphatic hydroxyl groups is 2. The van der Waals surface area contributed by atoms with Gasteiger partial charge in [0.2, 0.25) is 0 Å². The summed E-state index contributed by atoms with van der Waals surface area (Å²) in [5, 5.41) is 19.5. The molecule has 0 aliphatic heterocycles. The Bertz CT molecular complexity index is 841. The standard InChI is InChI=1S/2C21H34O/c2*1-3-5-7-8-11-14-19-18-20(19)15-12-9-13-17-21(22)16-10-6-4-2/h2*8,11,13,17,19-22H,3-7,10,14-16,18H2,1-2H3/b2*11-8-,17-13+/t19-,20+,21+;19-,20+,21-/m11/s1. The van der Waals surface area contributed by atoms with E-state index in [4.69, 9.17) is 0 Å². The largest absolute Gasteiger partial charge is 0.389 e. The van der Waals surface area contributed by atoms with Crippen molar-refractivity contribution in [2.45, 2.75) is 168 Å². The van der Waals surface area contributed by atoms with Crippen LogP contribution < -0.4 is 0 Å². The molecule has 2 rings (SSSR count). The van der Waals surface area contributed by atoms with E-state index in [0.29, 0.717) is 0 Å². The fourth-order valence-electron chi connectivity index (χ4n) is 5.34. The Balaban J connectivity index is 0.000000440. The summed E-state index contributed by atoms with van der Waals surface area (Å²) in [5.41, 5.74) is 0. The second kappa shape index (κ2) is 28.5. The highest BCUT2D eigenvalue weighted by molar-refractivity contribution is 5.18. The minimum atomic E-state index is -0.317. The van der Waals surface area contributed by atoms with Crippen molar-refractivity contribution >= 4 is 0 Å². The highest BCUT2D eigenvalue weighted by atomic mass is 16.3. The SMILES string of the molecule is CCCC/C=C\C[C@@H]1C[C@@H]1CC#C/C=C/[C@@H](O)CCCCC.CCCC/C=C\C[C@@H]1C[C@@H]1CC#C/C=C/[C@H](O)CCCCC. The maximum atomic E-state index is 9.74. The van der Waals surface area contributed by atoms with Gasteiger partial charge >= 0.3 is 0 Å². The lowest BCUT2D eigenvalue weighted by Gasteiger charge is -2.02. The van der Waals surface area contributed by atoms with E-state index in [0.717, 1.165) is 62.2 Å². The molecule has 2 heteroatoms. The minimum Gasteiger partial charge on any atom is -0.389 e. The molecule has 0 heterocycles. The summed E-state index contributed by atoms with van der Waals surface area (Å²) in [6.45, 7) is 8.84. The summed E-state index contributed by atoms with van der Waals surface area (Å²) in [7, 11) is 0. The molecule has 248 valence electrons. The van der Waals surface area contributed by atoms with E-state index >= 15 is 0 Å². The van der Waals surface area contributed by atoms with Crippen LogP contribution in [0.1, 0.15) is 156 Å². The third kappa shape index (κ3) is 24.3. The molecule has 0 bridgehead atoms. The van der Waals surface area contributed by atoms with Crippen molar-refractivity contribution in [3.05, 3.63) is 48.6 Å². The van der Waals surface area contributed by atoms with Crippen LogP contribution in [0.5, 0.6) is 0 Å². The predicted octanol–water partition coefficient (Wildman–Crippen LogP) is 11.3. The molecule has 0 spiro atoms. The quantitative estimate of drug-likeness (QED) is 0.0733. The van der Waals surface area contributed by atoms with E-state index in [2.05, 4.69) is 75.7 Å². The number of aliphatic hydroxyl groups excluding tert-OH is 2. The number of hydrogen-bond acceptors (Lipinski definition) is 2. The van der Waals surface area contributed by atoms with Crippen LogP contribution in [-0.2, 0) is 0 Å². The fraction of sp³-hybridized carbons (Fsp3) is 0.714. The first kappa shape index (κ1) is 40.0. The average molecular weight is 605 g/mol. The second-order valence-electron chi connectivity index (χ2n) is 13.1. The number of hydrogen-bond donors (Lipinski definition) is 2. The molecular weight excluding hydrogens is 536 g/mol. The first-order chi connectivity index (χ1) is 21.5. The predicted molar refractivity (Wildman–Crippen MR) is 193 cm³/mol. The molecule has 2 fully saturated rings. The lowest BCUT2D eigenvalue weighted by Crippen LogP contribution is -2.00. The number of rotatable bonds is 22. The van der Waals surface area contributed by atoms with Gasteiger partial charge in [0.15, 0.2) is 0 Å². The zero-order chi connectivity index (χ0) is 32.1. The summed E-state index contributed by atoms with van der Waals surface area (Å²) in [6.07, 6.45) is 39.7. The van der Waals surface area contributed by atoms with Crippen LogP contribution in [0.2, 0.25) is 0 Å². The molecule has 0 aromatic rings. The summed E-state index contributed by atoms with van der Waals surface area (Å²) >= 11 is 0. The van der Waals surface area contributed by atoms with Crippen molar-refractivity contribution < 1.29 is 10.2 Å². The van der Waals surface area contributed by atoms with Gasteiger partial charge in [-0.1, -0.05) is 140 Å². The number of unbranched alkanes of at least 4 members (excludes halogenated alkanes) is 8. The Kier molecular flexibility index (Phi) is 25.9. The zero-order valence-electron chi connectivity index (χ0n) is 29.1. The van der Waals surface area contributed by atoms with E-state index in [1.165, 1.54) is 89.9 Å². The molecule has 0 aromatic heterocycles. The lowest BCUT2D eigenvalue weighted by molar-refractivity contribution is 0.208. The molecule has 0 radical (unpaired) electrons. The topological polar surface area (TPSA) is 40.5 Å². The zero-order valence-corrected chi connectivity index (χ0v) is 29.1. The van der Waals surface area contributed by atoms with Crippen molar-refractivity contribution in [3.63, 3.8) is 0 Å². The van der Waals surface area contributed by atoms with E-state index in [9.17, 15) is 10.2 Å². The molecule has 2 aliphatic rings. The summed E-state index contributed by atoms with van der Waals surface area (Å²) < 4.78 is 0. The number of allylic oxidation sites excluding steroid dienone is 6. The Morgan fingerprint density at radius 3 is 1.34 bits per heavy atom. The van der Waals surface area contributed by atoms with Gasteiger partial charge in [0.1, 0.15) is 0 Å². The Hall–Kier alpha value is -2.00. The van der Waals surface area contributed by atoms with Crippen molar-refractivity contribution in [2.24, 2.45) is 23.7 Å². The van der Waals surface area contributed by atoms with Crippen molar-refractivity contribution in [1.29, 1.82) is 0 Å². The Labute approximate surface area is 274 Å². The smallest absolute Gasteiger partial charge is 0.0730 e. The van der Waals surface area contributed by atoms with Crippen LogP contribution in [0, 0.1) is 47.4 Å². The Morgan fingerprint density at radius 1 is 0.545 bits per heavy atom. The summed E-state index contributed by atoms with van der Waals surface area (Å²) in [5.74, 6) is 16.0. The van der Waals surface area contributed by atoms with Crippen LogP contribution in [-0.4, -0.2) is 22.4 Å². The van der Waals surface area contributed by atoms with E-state index < -0.39 is 0 Å². The molecule has 2 saturated carbocycles. The third-order valence-corrected chi connectivity index (χ3v) is 8.74. The molecule has 0 saturated heterocycles. The van der Waals surface area contributed by atoms with Crippen LogP contribution in [0.3, 0.4) is 0 Å². The third-order valence-electron chi connectivity index (χ3n) is 8.74. The molecule has 0 unspecified atom stereocenters. The molecule has 0 aromatic carbocycles. The van der Waals surface area contributed by atoms with E-state index in [-0.39, 0.29) is 12.2 Å². The van der Waals surface area contributed by atoms with Gasteiger partial charge in [-0.3, -0.25) is 0 Å². The summed E-state index contributed by atoms with van der Waals surface area (Å²) in [4.78, 5) is 0. The van der Waals surface area contributed by atoms with Crippen molar-refractivity contribution in [1.82, 2.24) is 0 Å². The van der Waals surface area contributed by atoms with Gasteiger partial charge < -0.3 is 10.2 Å². The molecule has 44 heavy (non-hydrogen) atoms. The van der Waals surface area contributed by atoms with Gasteiger partial charge in [0.25, 0.3) is 0 Å². The molecule has 2 N–H and O–H groups in total. The maximum Gasteiger partial charge on any atom is 0.0730 e. The van der Waals surface area contributed by atoms with Gasteiger partial charge in [-0.25, -0.2) is 0 Å².